The summed E-state index contributed by atoms with van der Waals surface area (Å²) < 4.78 is 0. The molecular weight excluding hydrogens is 202 g/mol. The average molecular weight is 219 g/mol. The monoisotopic (exact) mass is 219 g/mol. The van der Waals surface area contributed by atoms with Crippen LogP contribution in [0.25, 0.3) is 0 Å². The quantitative estimate of drug-likeness (QED) is 0.847. The van der Waals surface area contributed by atoms with E-state index in [1.165, 1.54) is 5.56 Å². The molecule has 0 spiro atoms. The minimum Gasteiger partial charge on any atom is -0.481 e. The molecule has 0 aromatic heterocycles. The fourth-order valence-corrected chi connectivity index (χ4v) is 2.14. The summed E-state index contributed by atoms with van der Waals surface area (Å²) in [5.41, 5.74) is 2.62. The maximum absolute atomic E-state index is 11.2. The number of aryl methyl sites for hydroxylation is 1. The second-order valence-electron chi connectivity index (χ2n) is 4.78. The average Bonchev–Trinajstić information content (AvgIpc) is 2.98. The second-order valence-corrected chi connectivity index (χ2v) is 4.78. The molecule has 86 valence electrons. The lowest BCUT2D eigenvalue weighted by atomic mass is 9.94. The minimum absolute atomic E-state index is 0.599. The van der Waals surface area contributed by atoms with Crippen LogP contribution >= 0.6 is 0 Å². The number of nitrogens with zero attached hydrogens (tertiary/aromatic N) is 1. The summed E-state index contributed by atoms with van der Waals surface area (Å²) in [6.45, 7) is 2.04. The van der Waals surface area contributed by atoms with E-state index in [1.54, 1.807) is 0 Å². The molecule has 1 aliphatic rings. The number of benzene rings is 1. The summed E-state index contributed by atoms with van der Waals surface area (Å²) in [4.78, 5) is 13.3. The lowest BCUT2D eigenvalue weighted by Crippen LogP contribution is -2.20. The van der Waals surface area contributed by atoms with Crippen LogP contribution in [-0.2, 0) is 10.2 Å². The van der Waals surface area contributed by atoms with Crippen molar-refractivity contribution in [2.24, 2.45) is 0 Å². The van der Waals surface area contributed by atoms with Gasteiger partial charge in [0.15, 0.2) is 0 Å². The molecule has 0 saturated heterocycles. The van der Waals surface area contributed by atoms with Crippen LogP contribution in [0.15, 0.2) is 18.2 Å². The molecule has 1 aromatic carbocycles. The first-order valence-corrected chi connectivity index (χ1v) is 5.49. The summed E-state index contributed by atoms with van der Waals surface area (Å²) in [5.74, 6) is -0.693. The van der Waals surface area contributed by atoms with Gasteiger partial charge >= 0.3 is 5.97 Å². The molecule has 3 nitrogen and oxygen atoms in total. The number of carboxylic acids is 1. The molecule has 2 rings (SSSR count). The molecule has 1 aliphatic carbocycles. The van der Waals surface area contributed by atoms with Crippen LogP contribution in [0, 0.1) is 6.92 Å². The number of aliphatic carboxylic acids is 1. The van der Waals surface area contributed by atoms with Crippen molar-refractivity contribution in [3.63, 3.8) is 0 Å². The predicted molar refractivity (Wildman–Crippen MR) is 64.1 cm³/mol. The number of rotatable bonds is 3. The van der Waals surface area contributed by atoms with E-state index in [0.29, 0.717) is 0 Å². The molecule has 0 radical (unpaired) electrons. The molecule has 0 bridgehead atoms. The van der Waals surface area contributed by atoms with Crippen LogP contribution in [0.5, 0.6) is 0 Å². The Hall–Kier alpha value is -1.51. The van der Waals surface area contributed by atoms with E-state index in [9.17, 15) is 9.90 Å². The minimum atomic E-state index is -0.693. The van der Waals surface area contributed by atoms with E-state index in [1.807, 2.05) is 44.1 Å². The highest BCUT2D eigenvalue weighted by Crippen LogP contribution is 2.49. The summed E-state index contributed by atoms with van der Waals surface area (Å²) in [7, 11) is 3.96. The lowest BCUT2D eigenvalue weighted by molar-refractivity contribution is -0.140. The number of carbonyl (C=O) groups is 1. The third kappa shape index (κ3) is 1.56. The van der Waals surface area contributed by atoms with Gasteiger partial charge in [-0.15, -0.1) is 0 Å². The molecule has 0 heterocycles. The van der Waals surface area contributed by atoms with Gasteiger partial charge in [0.1, 0.15) is 0 Å². The molecule has 1 saturated carbocycles. The lowest BCUT2D eigenvalue weighted by Gasteiger charge is -2.19. The van der Waals surface area contributed by atoms with E-state index < -0.39 is 11.4 Å². The highest BCUT2D eigenvalue weighted by Gasteiger charge is 2.51. The first kappa shape index (κ1) is 11.0. The maximum Gasteiger partial charge on any atom is 0.314 e. The first-order valence-electron chi connectivity index (χ1n) is 5.49. The highest BCUT2D eigenvalue weighted by molar-refractivity contribution is 5.85. The Bertz CT molecular complexity index is 434. The zero-order chi connectivity index (χ0) is 11.9. The normalized spacial score (nSPS) is 16.9. The van der Waals surface area contributed by atoms with Crippen LogP contribution in [0.4, 0.5) is 5.69 Å². The number of carboxylic acid groups (broad SMARTS) is 1. The summed E-state index contributed by atoms with van der Waals surface area (Å²) >= 11 is 0. The molecule has 1 fully saturated rings. The van der Waals surface area contributed by atoms with Crippen LogP contribution in [0.3, 0.4) is 0 Å². The smallest absolute Gasteiger partial charge is 0.314 e. The van der Waals surface area contributed by atoms with Crippen molar-refractivity contribution >= 4 is 11.7 Å². The molecule has 3 heteroatoms. The van der Waals surface area contributed by atoms with Gasteiger partial charge in [0.2, 0.25) is 0 Å². The van der Waals surface area contributed by atoms with E-state index >= 15 is 0 Å². The van der Waals surface area contributed by atoms with Gasteiger partial charge in [0, 0.05) is 19.8 Å². The van der Waals surface area contributed by atoms with Crippen molar-refractivity contribution in [3.05, 3.63) is 29.3 Å². The Morgan fingerprint density at radius 3 is 2.44 bits per heavy atom. The van der Waals surface area contributed by atoms with Gasteiger partial charge in [-0.25, -0.2) is 0 Å². The zero-order valence-electron chi connectivity index (χ0n) is 9.95. The van der Waals surface area contributed by atoms with Crippen molar-refractivity contribution in [2.45, 2.75) is 25.2 Å². The van der Waals surface area contributed by atoms with Gasteiger partial charge < -0.3 is 10.0 Å². The number of hydrogen-bond donors (Lipinski definition) is 1. The Balaban J connectivity index is 2.44. The van der Waals surface area contributed by atoms with Crippen molar-refractivity contribution in [1.82, 2.24) is 0 Å². The van der Waals surface area contributed by atoms with Crippen LogP contribution in [0.1, 0.15) is 24.0 Å². The van der Waals surface area contributed by atoms with Crippen molar-refractivity contribution in [1.29, 1.82) is 0 Å². The van der Waals surface area contributed by atoms with E-state index in [4.69, 9.17) is 0 Å². The summed E-state index contributed by atoms with van der Waals surface area (Å²) in [6, 6.07) is 5.97. The van der Waals surface area contributed by atoms with Crippen LogP contribution < -0.4 is 4.90 Å². The van der Waals surface area contributed by atoms with Crippen molar-refractivity contribution < 1.29 is 9.90 Å². The topological polar surface area (TPSA) is 40.5 Å². The summed E-state index contributed by atoms with van der Waals surface area (Å²) in [6.07, 6.45) is 1.52. The first-order chi connectivity index (χ1) is 7.47. The van der Waals surface area contributed by atoms with E-state index in [0.717, 1.165) is 24.1 Å². The summed E-state index contributed by atoms with van der Waals surface area (Å²) in [5, 5.41) is 9.24. The fraction of sp³-hybridized carbons (Fsp3) is 0.462. The number of anilines is 1. The Morgan fingerprint density at radius 2 is 2.00 bits per heavy atom. The van der Waals surface area contributed by atoms with Gasteiger partial charge in [0.05, 0.1) is 5.41 Å². The molecule has 1 aromatic rings. The number of hydrogen-bond acceptors (Lipinski definition) is 2. The molecule has 0 atom stereocenters. The zero-order valence-corrected chi connectivity index (χ0v) is 9.95. The van der Waals surface area contributed by atoms with Crippen LogP contribution in [-0.4, -0.2) is 25.2 Å². The van der Waals surface area contributed by atoms with Gasteiger partial charge in [-0.3, -0.25) is 4.79 Å². The molecular formula is C13H17NO2. The second kappa shape index (κ2) is 3.51. The Morgan fingerprint density at radius 1 is 1.38 bits per heavy atom. The molecule has 1 N–H and O–H groups in total. The Labute approximate surface area is 95.7 Å². The predicted octanol–water partition coefficient (Wildman–Crippen LogP) is 2.18. The standard InChI is InChI=1S/C13H17NO2/c1-9-4-5-10(8-11(9)14(2)3)13(6-7-13)12(15)16/h4-5,8H,6-7H2,1-3H3,(H,15,16). The van der Waals surface area contributed by atoms with Gasteiger partial charge in [-0.1, -0.05) is 12.1 Å². The molecule has 0 unspecified atom stereocenters. The van der Waals surface area contributed by atoms with Gasteiger partial charge in [-0.05, 0) is 37.0 Å². The highest BCUT2D eigenvalue weighted by atomic mass is 16.4. The van der Waals surface area contributed by atoms with E-state index in [2.05, 4.69) is 0 Å². The molecule has 0 amide bonds. The van der Waals surface area contributed by atoms with Gasteiger partial charge in [-0.2, -0.15) is 0 Å². The van der Waals surface area contributed by atoms with Gasteiger partial charge in [0.25, 0.3) is 0 Å². The molecule has 0 aliphatic heterocycles. The third-order valence-electron chi connectivity index (χ3n) is 3.40. The van der Waals surface area contributed by atoms with Crippen LogP contribution in [0.2, 0.25) is 0 Å². The largest absolute Gasteiger partial charge is 0.481 e. The Kier molecular flexibility index (Phi) is 2.41. The van der Waals surface area contributed by atoms with E-state index in [-0.39, 0.29) is 0 Å². The maximum atomic E-state index is 11.2. The molecule has 16 heavy (non-hydrogen) atoms. The van der Waals surface area contributed by atoms with Crippen molar-refractivity contribution in [2.75, 3.05) is 19.0 Å². The van der Waals surface area contributed by atoms with Crippen molar-refractivity contribution in [3.8, 4) is 0 Å². The SMILES string of the molecule is Cc1ccc(C2(C(=O)O)CC2)cc1N(C)C. The fourth-order valence-electron chi connectivity index (χ4n) is 2.14. The third-order valence-corrected chi connectivity index (χ3v) is 3.40.